The predicted molar refractivity (Wildman–Crippen MR) is 119 cm³/mol. The summed E-state index contributed by atoms with van der Waals surface area (Å²) in [6.45, 7) is 5.99. The molecule has 2 aromatic rings. The predicted octanol–water partition coefficient (Wildman–Crippen LogP) is 3.53. The van der Waals surface area contributed by atoms with Crippen LogP contribution >= 0.6 is 0 Å². The third kappa shape index (κ3) is 5.22. The zero-order chi connectivity index (χ0) is 21.6. The largest absolute Gasteiger partial charge is 0.461 e. The Balaban J connectivity index is 1.43. The highest BCUT2D eigenvalue weighted by molar-refractivity contribution is 6.00. The highest BCUT2D eigenvalue weighted by Gasteiger charge is 2.30. The summed E-state index contributed by atoms with van der Waals surface area (Å²) in [5.74, 6) is 0.690. The lowest BCUT2D eigenvalue weighted by molar-refractivity contribution is -0.117. The summed E-state index contributed by atoms with van der Waals surface area (Å²) in [7, 11) is 1.62. The Morgan fingerprint density at radius 1 is 1.06 bits per heavy atom. The molecule has 2 aliphatic heterocycles. The van der Waals surface area contributed by atoms with Crippen LogP contribution in [0.15, 0.2) is 30.5 Å². The first-order valence-electron chi connectivity index (χ1n) is 11.3. The number of anilines is 1. The maximum Gasteiger partial charge on any atom is 0.318 e. The molecule has 1 aromatic heterocycles. The van der Waals surface area contributed by atoms with Crippen LogP contribution in [0.5, 0.6) is 6.01 Å². The van der Waals surface area contributed by atoms with Crippen molar-refractivity contribution in [1.29, 1.82) is 0 Å². The Morgan fingerprint density at radius 3 is 2.52 bits per heavy atom. The Kier molecular flexibility index (Phi) is 7.14. The third-order valence-corrected chi connectivity index (χ3v) is 6.23. The quantitative estimate of drug-likeness (QED) is 0.604. The van der Waals surface area contributed by atoms with Crippen molar-refractivity contribution in [2.24, 2.45) is 0 Å². The van der Waals surface area contributed by atoms with Gasteiger partial charge in [0.25, 0.3) is 0 Å². The molecule has 31 heavy (non-hydrogen) atoms. The zero-order valence-electron chi connectivity index (χ0n) is 18.5. The first kappa shape index (κ1) is 21.7. The summed E-state index contributed by atoms with van der Waals surface area (Å²) < 4.78 is 10.5. The summed E-state index contributed by atoms with van der Waals surface area (Å²) in [4.78, 5) is 25.6. The fraction of sp³-hybridized carbons (Fsp3) is 0.542. The smallest absolute Gasteiger partial charge is 0.318 e. The molecule has 4 rings (SSSR count). The van der Waals surface area contributed by atoms with Crippen LogP contribution in [0.25, 0.3) is 0 Å². The van der Waals surface area contributed by atoms with Crippen molar-refractivity contribution < 1.29 is 14.3 Å². The Hall–Kier alpha value is -2.51. The minimum atomic E-state index is 0.0420. The van der Waals surface area contributed by atoms with Crippen molar-refractivity contribution >= 4 is 11.7 Å². The van der Waals surface area contributed by atoms with Gasteiger partial charge in [-0.05, 0) is 44.0 Å². The fourth-order valence-corrected chi connectivity index (χ4v) is 4.34. The SMILES string of the molecule is COCCOc1ncc2c(n1)N(Cc1ccc(C(C)N3CCCCCC3)cc1)C(=O)C2. The molecule has 0 radical (unpaired) electrons. The molecular weight excluding hydrogens is 392 g/mol. The van der Waals surface area contributed by atoms with E-state index in [4.69, 9.17) is 9.47 Å². The highest BCUT2D eigenvalue weighted by atomic mass is 16.5. The van der Waals surface area contributed by atoms with Crippen molar-refractivity contribution in [3.63, 3.8) is 0 Å². The number of amides is 1. The summed E-state index contributed by atoms with van der Waals surface area (Å²) in [6, 6.07) is 9.35. The molecule has 1 saturated heterocycles. The van der Waals surface area contributed by atoms with Crippen LogP contribution in [-0.2, 0) is 22.5 Å². The van der Waals surface area contributed by atoms with Crippen molar-refractivity contribution in [2.75, 3.05) is 38.3 Å². The first-order chi connectivity index (χ1) is 15.2. The molecule has 1 aromatic carbocycles. The maximum absolute atomic E-state index is 12.6. The van der Waals surface area contributed by atoms with E-state index in [2.05, 4.69) is 46.1 Å². The molecule has 7 heteroatoms. The van der Waals surface area contributed by atoms with Gasteiger partial charge in [-0.2, -0.15) is 4.98 Å². The lowest BCUT2D eigenvalue weighted by atomic mass is 10.0. The number of fused-ring (bicyclic) bond motifs is 1. The number of rotatable bonds is 8. The molecule has 7 nitrogen and oxygen atoms in total. The molecule has 3 heterocycles. The fourth-order valence-electron chi connectivity index (χ4n) is 4.34. The summed E-state index contributed by atoms with van der Waals surface area (Å²) >= 11 is 0. The van der Waals surface area contributed by atoms with Crippen molar-refractivity contribution in [1.82, 2.24) is 14.9 Å². The van der Waals surface area contributed by atoms with Crippen LogP contribution < -0.4 is 9.64 Å². The normalized spacial score (nSPS) is 18.0. The van der Waals surface area contributed by atoms with E-state index in [0.29, 0.717) is 38.0 Å². The van der Waals surface area contributed by atoms with Gasteiger partial charge in [0.05, 0.1) is 19.6 Å². The number of carbonyl (C=O) groups excluding carboxylic acids is 1. The molecule has 0 N–H and O–H groups in total. The second kappa shape index (κ2) is 10.2. The average Bonchev–Trinajstić information content (AvgIpc) is 2.96. The number of aromatic nitrogens is 2. The molecule has 0 spiro atoms. The van der Waals surface area contributed by atoms with E-state index < -0.39 is 0 Å². The monoisotopic (exact) mass is 424 g/mol. The van der Waals surface area contributed by atoms with Gasteiger partial charge < -0.3 is 9.47 Å². The van der Waals surface area contributed by atoms with Crippen molar-refractivity contribution in [2.45, 2.75) is 51.6 Å². The number of ether oxygens (including phenoxy) is 2. The Morgan fingerprint density at radius 2 is 1.81 bits per heavy atom. The summed E-state index contributed by atoms with van der Waals surface area (Å²) in [5.41, 5.74) is 3.26. The van der Waals surface area contributed by atoms with Gasteiger partial charge in [0, 0.05) is 24.9 Å². The van der Waals surface area contributed by atoms with Gasteiger partial charge in [-0.25, -0.2) is 4.98 Å². The highest BCUT2D eigenvalue weighted by Crippen LogP contribution is 2.30. The molecule has 1 unspecified atom stereocenters. The van der Waals surface area contributed by atoms with Gasteiger partial charge in [-0.15, -0.1) is 0 Å². The topological polar surface area (TPSA) is 67.8 Å². The van der Waals surface area contributed by atoms with Crippen LogP contribution in [-0.4, -0.2) is 54.2 Å². The standard InChI is InChI=1S/C24H32N4O3/c1-18(27-11-5-3-4-6-12-27)20-9-7-19(8-10-20)17-28-22(29)15-21-16-25-24(26-23(21)28)31-14-13-30-2/h7-10,16,18H,3-6,11-15,17H2,1-2H3. The van der Waals surface area contributed by atoms with Crippen molar-refractivity contribution in [3.8, 4) is 6.01 Å². The van der Waals surface area contributed by atoms with E-state index in [9.17, 15) is 4.79 Å². The third-order valence-electron chi connectivity index (χ3n) is 6.23. The maximum atomic E-state index is 12.6. The average molecular weight is 425 g/mol. The molecule has 166 valence electrons. The molecular formula is C24H32N4O3. The molecule has 1 atom stereocenters. The van der Waals surface area contributed by atoms with Crippen LogP contribution in [0, 0.1) is 0 Å². The zero-order valence-corrected chi connectivity index (χ0v) is 18.5. The van der Waals surface area contributed by atoms with Crippen LogP contribution in [0.1, 0.15) is 55.3 Å². The van der Waals surface area contributed by atoms with Crippen LogP contribution in [0.3, 0.4) is 0 Å². The number of likely N-dealkylation sites (tertiary alicyclic amines) is 1. The number of hydrogen-bond donors (Lipinski definition) is 0. The Bertz CT molecular complexity index is 879. The van der Waals surface area contributed by atoms with Gasteiger partial charge in [0.15, 0.2) is 0 Å². The van der Waals surface area contributed by atoms with Crippen LogP contribution in [0.4, 0.5) is 5.82 Å². The molecule has 0 aliphatic carbocycles. The van der Waals surface area contributed by atoms with E-state index >= 15 is 0 Å². The van der Waals surface area contributed by atoms with E-state index in [1.54, 1.807) is 18.2 Å². The molecule has 1 amide bonds. The summed E-state index contributed by atoms with van der Waals surface area (Å²) in [5, 5.41) is 0. The number of benzene rings is 1. The molecule has 1 fully saturated rings. The van der Waals surface area contributed by atoms with Gasteiger partial charge in [-0.1, -0.05) is 37.1 Å². The number of methoxy groups -OCH3 is 1. The first-order valence-corrected chi connectivity index (χ1v) is 11.3. The lowest BCUT2D eigenvalue weighted by Crippen LogP contribution is -2.28. The van der Waals surface area contributed by atoms with E-state index in [1.165, 1.54) is 44.3 Å². The van der Waals surface area contributed by atoms with Gasteiger partial charge in [-0.3, -0.25) is 14.6 Å². The Labute approximate surface area is 184 Å². The molecule has 0 saturated carbocycles. The number of carbonyl (C=O) groups is 1. The van der Waals surface area contributed by atoms with E-state index in [1.807, 2.05) is 0 Å². The number of nitrogens with zero attached hydrogens (tertiary/aromatic N) is 4. The van der Waals surface area contributed by atoms with Gasteiger partial charge in [0.2, 0.25) is 5.91 Å². The van der Waals surface area contributed by atoms with Crippen LogP contribution in [0.2, 0.25) is 0 Å². The molecule has 2 aliphatic rings. The minimum absolute atomic E-state index is 0.0420. The lowest BCUT2D eigenvalue weighted by Gasteiger charge is -2.28. The second-order valence-corrected chi connectivity index (χ2v) is 8.37. The number of hydrogen-bond acceptors (Lipinski definition) is 6. The summed E-state index contributed by atoms with van der Waals surface area (Å²) in [6.07, 6.45) is 7.29. The van der Waals surface area contributed by atoms with Crippen molar-refractivity contribution in [3.05, 3.63) is 47.2 Å². The van der Waals surface area contributed by atoms with E-state index in [0.717, 1.165) is 11.1 Å². The van der Waals surface area contributed by atoms with E-state index in [-0.39, 0.29) is 11.9 Å². The van der Waals surface area contributed by atoms with Gasteiger partial charge in [0.1, 0.15) is 12.4 Å². The minimum Gasteiger partial charge on any atom is -0.461 e. The van der Waals surface area contributed by atoms with Gasteiger partial charge >= 0.3 is 6.01 Å². The molecule has 0 bridgehead atoms. The second-order valence-electron chi connectivity index (χ2n) is 8.37.